The second-order valence-corrected chi connectivity index (χ2v) is 6.19. The first-order valence-electron chi connectivity index (χ1n) is 8.31. The number of esters is 1. The highest BCUT2D eigenvalue weighted by Crippen LogP contribution is 2.29. The first-order chi connectivity index (χ1) is 12.4. The van der Waals surface area contributed by atoms with Crippen molar-refractivity contribution < 1.29 is 23.1 Å². The second-order valence-electron chi connectivity index (χ2n) is 6.19. The number of hydrogen-bond acceptors (Lipinski definition) is 4. The van der Waals surface area contributed by atoms with Gasteiger partial charge in [-0.15, -0.1) is 0 Å². The van der Waals surface area contributed by atoms with Crippen molar-refractivity contribution in [2.24, 2.45) is 0 Å². The van der Waals surface area contributed by atoms with Crippen LogP contribution >= 0.6 is 0 Å². The molecule has 6 nitrogen and oxygen atoms in total. The molecule has 8 heteroatoms. The maximum Gasteiger partial charge on any atom is 0.307 e. The Kier molecular flexibility index (Phi) is 5.01. The van der Waals surface area contributed by atoms with Crippen LogP contribution in [0.15, 0.2) is 18.2 Å². The summed E-state index contributed by atoms with van der Waals surface area (Å²) in [6.07, 6.45) is 2.36. The van der Waals surface area contributed by atoms with E-state index in [1.54, 1.807) is 7.05 Å². The van der Waals surface area contributed by atoms with E-state index >= 15 is 0 Å². The van der Waals surface area contributed by atoms with E-state index in [1.165, 1.54) is 22.8 Å². The van der Waals surface area contributed by atoms with Crippen molar-refractivity contribution in [1.82, 2.24) is 14.7 Å². The Morgan fingerprint density at radius 1 is 1.27 bits per heavy atom. The number of benzene rings is 1. The zero-order valence-corrected chi connectivity index (χ0v) is 14.6. The van der Waals surface area contributed by atoms with Crippen LogP contribution in [-0.4, -0.2) is 47.3 Å². The largest absolute Gasteiger partial charge is 0.469 e. The highest BCUT2D eigenvalue weighted by atomic mass is 19.2. The van der Waals surface area contributed by atoms with E-state index in [0.717, 1.165) is 29.8 Å². The molecule has 2 aromatic rings. The van der Waals surface area contributed by atoms with Crippen LogP contribution in [0, 0.1) is 11.6 Å². The number of carbonyl (C=O) groups is 2. The van der Waals surface area contributed by atoms with Gasteiger partial charge in [0.15, 0.2) is 17.3 Å². The maximum absolute atomic E-state index is 13.6. The Morgan fingerprint density at radius 2 is 2.04 bits per heavy atom. The molecule has 0 unspecified atom stereocenters. The van der Waals surface area contributed by atoms with Crippen LogP contribution in [-0.2, 0) is 22.4 Å². The molecule has 0 fully saturated rings. The van der Waals surface area contributed by atoms with Gasteiger partial charge in [-0.3, -0.25) is 9.59 Å². The van der Waals surface area contributed by atoms with Gasteiger partial charge in [0.05, 0.1) is 19.2 Å². The molecule has 1 heterocycles. The molecule has 1 aliphatic carbocycles. The Bertz CT molecular complexity index is 864. The molecule has 26 heavy (non-hydrogen) atoms. The molecular weight excluding hydrogens is 344 g/mol. The molecule has 0 saturated heterocycles. The molecule has 138 valence electrons. The predicted octanol–water partition coefficient (Wildman–Crippen LogP) is 2.27. The minimum atomic E-state index is -0.965. The number of ether oxygens (including phenoxy) is 1. The van der Waals surface area contributed by atoms with Gasteiger partial charge in [-0.2, -0.15) is 5.10 Å². The van der Waals surface area contributed by atoms with Crippen molar-refractivity contribution in [3.63, 3.8) is 0 Å². The number of halogens is 2. The average Bonchev–Trinajstić information content (AvgIpc) is 3.23. The normalized spacial score (nSPS) is 12.8. The topological polar surface area (TPSA) is 64.4 Å². The smallest absolute Gasteiger partial charge is 0.307 e. The summed E-state index contributed by atoms with van der Waals surface area (Å²) in [5.74, 6) is -2.61. The summed E-state index contributed by atoms with van der Waals surface area (Å²) in [7, 11) is 2.88. The van der Waals surface area contributed by atoms with Gasteiger partial charge in [0, 0.05) is 30.9 Å². The fourth-order valence-electron chi connectivity index (χ4n) is 3.08. The lowest BCUT2D eigenvalue weighted by Crippen LogP contribution is -2.30. The molecule has 1 aromatic carbocycles. The van der Waals surface area contributed by atoms with Gasteiger partial charge in [0.25, 0.3) is 5.91 Å². The van der Waals surface area contributed by atoms with Crippen molar-refractivity contribution >= 4 is 11.9 Å². The summed E-state index contributed by atoms with van der Waals surface area (Å²) < 4.78 is 32.9. The summed E-state index contributed by atoms with van der Waals surface area (Å²) in [5, 5.41) is 4.36. The molecule has 0 bridgehead atoms. The predicted molar refractivity (Wildman–Crippen MR) is 89.1 cm³/mol. The van der Waals surface area contributed by atoms with Crippen LogP contribution in [0.1, 0.15) is 34.6 Å². The molecule has 0 saturated carbocycles. The van der Waals surface area contributed by atoms with Gasteiger partial charge in [-0.05, 0) is 31.4 Å². The SMILES string of the molecule is COC(=O)CCN(C)C(=O)c1nn(-c2ccc(F)c(F)c2)c2c1CCC2. The number of methoxy groups -OCH3 is 1. The van der Waals surface area contributed by atoms with Crippen LogP contribution in [0.25, 0.3) is 5.69 Å². The highest BCUT2D eigenvalue weighted by molar-refractivity contribution is 5.94. The summed E-state index contributed by atoms with van der Waals surface area (Å²) in [6.45, 7) is 0.207. The van der Waals surface area contributed by atoms with Crippen molar-refractivity contribution in [3.8, 4) is 5.69 Å². The molecule has 0 aliphatic heterocycles. The summed E-state index contributed by atoms with van der Waals surface area (Å²) in [5.41, 5.74) is 2.32. The Balaban J connectivity index is 1.90. The van der Waals surface area contributed by atoms with E-state index in [9.17, 15) is 18.4 Å². The summed E-state index contributed by atoms with van der Waals surface area (Å²) >= 11 is 0. The lowest BCUT2D eigenvalue weighted by atomic mass is 10.2. The third-order valence-electron chi connectivity index (χ3n) is 4.51. The zero-order valence-electron chi connectivity index (χ0n) is 14.6. The lowest BCUT2D eigenvalue weighted by molar-refractivity contribution is -0.140. The first kappa shape index (κ1) is 18.0. The van der Waals surface area contributed by atoms with Gasteiger partial charge in [-0.25, -0.2) is 13.5 Å². The Labute approximate surface area is 149 Å². The summed E-state index contributed by atoms with van der Waals surface area (Å²) in [4.78, 5) is 25.4. The zero-order chi connectivity index (χ0) is 18.8. The second kappa shape index (κ2) is 7.23. The average molecular weight is 363 g/mol. The van der Waals surface area contributed by atoms with Crippen LogP contribution in [0.5, 0.6) is 0 Å². The highest BCUT2D eigenvalue weighted by Gasteiger charge is 2.28. The molecule has 1 aliphatic rings. The van der Waals surface area contributed by atoms with E-state index in [0.29, 0.717) is 18.5 Å². The van der Waals surface area contributed by atoms with Crippen molar-refractivity contribution in [2.75, 3.05) is 20.7 Å². The van der Waals surface area contributed by atoms with Crippen molar-refractivity contribution in [3.05, 3.63) is 46.8 Å². The summed E-state index contributed by atoms with van der Waals surface area (Å²) in [6, 6.07) is 3.53. The van der Waals surface area contributed by atoms with Gasteiger partial charge < -0.3 is 9.64 Å². The number of carbonyl (C=O) groups excluding carboxylic acids is 2. The third kappa shape index (κ3) is 3.31. The van der Waals surface area contributed by atoms with E-state index < -0.39 is 17.6 Å². The number of hydrogen-bond donors (Lipinski definition) is 0. The van der Waals surface area contributed by atoms with Crippen LogP contribution in [0.4, 0.5) is 8.78 Å². The van der Waals surface area contributed by atoms with Gasteiger partial charge in [-0.1, -0.05) is 0 Å². The van der Waals surface area contributed by atoms with Gasteiger partial charge in [0.1, 0.15) is 0 Å². The third-order valence-corrected chi connectivity index (χ3v) is 4.51. The van der Waals surface area contributed by atoms with Crippen LogP contribution in [0.2, 0.25) is 0 Å². The molecule has 0 radical (unpaired) electrons. The van der Waals surface area contributed by atoms with E-state index in [2.05, 4.69) is 9.84 Å². The molecule has 3 rings (SSSR count). The number of nitrogens with zero attached hydrogens (tertiary/aromatic N) is 3. The first-order valence-corrected chi connectivity index (χ1v) is 8.31. The minimum absolute atomic E-state index is 0.0881. The fourth-order valence-corrected chi connectivity index (χ4v) is 3.08. The lowest BCUT2D eigenvalue weighted by Gasteiger charge is -2.15. The van der Waals surface area contributed by atoms with E-state index in [1.807, 2.05) is 0 Å². The number of amides is 1. The fraction of sp³-hybridized carbons (Fsp3) is 0.389. The minimum Gasteiger partial charge on any atom is -0.469 e. The van der Waals surface area contributed by atoms with E-state index in [-0.39, 0.29) is 24.6 Å². The van der Waals surface area contributed by atoms with Gasteiger partial charge in [0.2, 0.25) is 0 Å². The maximum atomic E-state index is 13.6. The standard InChI is InChI=1S/C18H19F2N3O3/c1-22(9-8-16(24)26-2)18(25)17-12-4-3-5-15(12)23(21-17)11-6-7-13(19)14(20)10-11/h6-7,10H,3-5,8-9H2,1-2H3. The molecule has 0 spiro atoms. The molecule has 1 aromatic heterocycles. The Hall–Kier alpha value is -2.77. The van der Waals surface area contributed by atoms with Crippen LogP contribution in [0.3, 0.4) is 0 Å². The molecule has 0 N–H and O–H groups in total. The molecule has 0 atom stereocenters. The molecule has 1 amide bonds. The van der Waals surface area contributed by atoms with Crippen molar-refractivity contribution in [2.45, 2.75) is 25.7 Å². The van der Waals surface area contributed by atoms with Crippen LogP contribution < -0.4 is 0 Å². The van der Waals surface area contributed by atoms with E-state index in [4.69, 9.17) is 0 Å². The van der Waals surface area contributed by atoms with Gasteiger partial charge >= 0.3 is 5.97 Å². The quantitative estimate of drug-likeness (QED) is 0.765. The monoisotopic (exact) mass is 363 g/mol. The Morgan fingerprint density at radius 3 is 2.73 bits per heavy atom. The van der Waals surface area contributed by atoms with Crippen molar-refractivity contribution in [1.29, 1.82) is 0 Å². The molecular formula is C18H19F2N3O3. The number of rotatable bonds is 5. The number of aromatic nitrogens is 2. The number of fused-ring (bicyclic) bond motifs is 1.